The van der Waals surface area contributed by atoms with Gasteiger partial charge in [-0.1, -0.05) is 23.7 Å². The molecule has 4 aliphatic heterocycles. The number of pyridine rings is 1. The molecule has 6 rings (SSSR count). The lowest BCUT2D eigenvalue weighted by molar-refractivity contribution is -0.0147. The highest BCUT2D eigenvalue weighted by Crippen LogP contribution is 2.41. The van der Waals surface area contributed by atoms with Crippen molar-refractivity contribution in [2.75, 3.05) is 25.4 Å². The molecule has 0 N–H and O–H groups in total. The zero-order valence-electron chi connectivity index (χ0n) is 23.4. The van der Waals surface area contributed by atoms with Crippen LogP contribution in [-0.4, -0.2) is 91.0 Å². The van der Waals surface area contributed by atoms with Gasteiger partial charge < -0.3 is 4.74 Å². The molecule has 2 aromatic rings. The molecule has 0 saturated carbocycles. The minimum Gasteiger partial charge on any atom is -0.490 e. The van der Waals surface area contributed by atoms with Crippen molar-refractivity contribution in [1.29, 1.82) is 0 Å². The van der Waals surface area contributed by atoms with Crippen LogP contribution in [0.25, 0.3) is 0 Å². The van der Waals surface area contributed by atoms with Gasteiger partial charge in [0.2, 0.25) is 20.0 Å². The van der Waals surface area contributed by atoms with Crippen LogP contribution in [0.3, 0.4) is 0 Å². The Hall–Kier alpha value is -1.76. The van der Waals surface area contributed by atoms with Gasteiger partial charge in [0.15, 0.2) is 0 Å². The fraction of sp³-hybridized carbons (Fsp3) is 0.621. The first-order chi connectivity index (χ1) is 19.6. The number of hydrogen-bond donors (Lipinski definition) is 0. The summed E-state index contributed by atoms with van der Waals surface area (Å²) in [5.41, 5.74) is 0.622. The van der Waals surface area contributed by atoms with Crippen molar-refractivity contribution in [1.82, 2.24) is 18.5 Å². The van der Waals surface area contributed by atoms with Gasteiger partial charge in [-0.25, -0.2) is 16.8 Å². The number of nitrogens with zero attached hydrogens (tertiary/aromatic N) is 4. The molecule has 0 radical (unpaired) electrons. The van der Waals surface area contributed by atoms with Crippen molar-refractivity contribution in [2.45, 2.75) is 93.5 Å². The smallest absolute Gasteiger partial charge is 0.245 e. The van der Waals surface area contributed by atoms with Crippen molar-refractivity contribution in [3.63, 3.8) is 0 Å². The van der Waals surface area contributed by atoms with Gasteiger partial charge >= 0.3 is 0 Å². The van der Waals surface area contributed by atoms with Gasteiger partial charge in [0.05, 0.1) is 10.8 Å². The summed E-state index contributed by atoms with van der Waals surface area (Å²) in [6.07, 6.45) is 10.3. The van der Waals surface area contributed by atoms with Gasteiger partial charge in [-0.2, -0.15) is 8.61 Å². The van der Waals surface area contributed by atoms with E-state index >= 15 is 0 Å². The summed E-state index contributed by atoms with van der Waals surface area (Å²) in [5.74, 6) is 0.903. The van der Waals surface area contributed by atoms with Crippen molar-refractivity contribution in [3.8, 4) is 5.75 Å². The van der Waals surface area contributed by atoms with E-state index in [9.17, 15) is 16.8 Å². The van der Waals surface area contributed by atoms with Crippen LogP contribution in [0, 0.1) is 6.92 Å². The molecule has 224 valence electrons. The van der Waals surface area contributed by atoms with Gasteiger partial charge in [-0.15, -0.1) is 0 Å². The topological polar surface area (TPSA) is 100 Å². The number of rotatable bonds is 10. The summed E-state index contributed by atoms with van der Waals surface area (Å²) < 4.78 is 62.6. The summed E-state index contributed by atoms with van der Waals surface area (Å²) in [6.45, 7) is 3.27. The van der Waals surface area contributed by atoms with Crippen molar-refractivity contribution in [3.05, 3.63) is 53.3 Å². The Bertz CT molecular complexity index is 1420. The highest BCUT2D eigenvalue weighted by atomic mass is 35.5. The van der Waals surface area contributed by atoms with E-state index in [1.165, 1.54) is 4.31 Å². The Morgan fingerprint density at radius 3 is 2.37 bits per heavy atom. The molecule has 5 heterocycles. The summed E-state index contributed by atoms with van der Waals surface area (Å²) in [7, 11) is -7.13. The van der Waals surface area contributed by atoms with Crippen molar-refractivity contribution >= 4 is 31.6 Å². The molecular weight excluding hydrogens is 584 g/mol. The van der Waals surface area contributed by atoms with Crippen molar-refractivity contribution in [2.24, 2.45) is 0 Å². The molecule has 0 amide bonds. The van der Waals surface area contributed by atoms with Crippen LogP contribution in [0.4, 0.5) is 0 Å². The Morgan fingerprint density at radius 2 is 1.68 bits per heavy atom. The number of fused-ring (bicyclic) bond motifs is 2. The lowest BCUT2D eigenvalue weighted by atomic mass is 9.95. The molecule has 4 aliphatic rings. The second kappa shape index (κ2) is 11.7. The van der Waals surface area contributed by atoms with Gasteiger partial charge in [-0.3, -0.25) is 9.88 Å². The molecule has 1 unspecified atom stereocenters. The number of halogens is 1. The molecule has 12 heteroatoms. The Balaban J connectivity index is 0.996. The molecule has 0 spiro atoms. The zero-order valence-corrected chi connectivity index (χ0v) is 25.8. The number of benzene rings is 1. The summed E-state index contributed by atoms with van der Waals surface area (Å²) in [5, 5.41) is 0.226. The van der Waals surface area contributed by atoms with Crippen molar-refractivity contribution < 1.29 is 21.6 Å². The standard InChI is InChI=1S/C29H39ClN4O5S2/c1-21-5-2-8-28(30)29(21)41(37,38)33-15-3-6-22(33)7-4-16-40(35,36)32-19-25(20-32)34-23-9-10-24(34)18-27(17-23)39-26-11-13-31-14-12-26/h2,5,8,11-14,22-25,27H,3-4,6-7,9-10,15-20H2,1H3/t22-,23-,24+,27?/m0/s1. The number of aromatic nitrogens is 1. The van der Waals surface area contributed by atoms with E-state index < -0.39 is 20.0 Å². The fourth-order valence-corrected chi connectivity index (χ4v) is 11.5. The summed E-state index contributed by atoms with van der Waals surface area (Å²) in [4.78, 5) is 6.79. The first-order valence-electron chi connectivity index (χ1n) is 14.7. The summed E-state index contributed by atoms with van der Waals surface area (Å²) >= 11 is 6.29. The van der Waals surface area contributed by atoms with E-state index in [0.29, 0.717) is 50.1 Å². The Kier molecular flexibility index (Phi) is 8.39. The third-order valence-corrected chi connectivity index (χ3v) is 13.8. The van der Waals surface area contributed by atoms with Gasteiger partial charge in [0.25, 0.3) is 0 Å². The monoisotopic (exact) mass is 622 g/mol. The second-order valence-electron chi connectivity index (χ2n) is 12.0. The number of hydrogen-bond acceptors (Lipinski definition) is 7. The SMILES string of the molecule is Cc1cccc(Cl)c1S(=O)(=O)N1CCC[C@H]1CCCS(=O)(=O)N1CC(N2[C@@H]3CC[C@H]2CC(Oc2ccncc2)C3)C1. The molecule has 1 aromatic carbocycles. The van der Waals surface area contributed by atoms with Crippen LogP contribution in [0.2, 0.25) is 5.02 Å². The number of piperidine rings is 1. The van der Waals surface area contributed by atoms with E-state index in [2.05, 4.69) is 9.88 Å². The normalized spacial score (nSPS) is 28.1. The van der Waals surface area contributed by atoms with Crippen LogP contribution < -0.4 is 4.74 Å². The van der Waals surface area contributed by atoms with Crippen LogP contribution in [0.15, 0.2) is 47.6 Å². The molecule has 4 fully saturated rings. The minimum atomic E-state index is -3.75. The Morgan fingerprint density at radius 1 is 0.976 bits per heavy atom. The fourth-order valence-electron chi connectivity index (χ4n) is 7.40. The highest BCUT2D eigenvalue weighted by molar-refractivity contribution is 7.89. The average molecular weight is 623 g/mol. The largest absolute Gasteiger partial charge is 0.490 e. The van der Waals surface area contributed by atoms with E-state index in [4.69, 9.17) is 16.3 Å². The van der Waals surface area contributed by atoms with Gasteiger partial charge in [0.1, 0.15) is 16.7 Å². The predicted octanol–water partition coefficient (Wildman–Crippen LogP) is 4.07. The minimum absolute atomic E-state index is 0.0456. The predicted molar refractivity (Wildman–Crippen MR) is 158 cm³/mol. The summed E-state index contributed by atoms with van der Waals surface area (Å²) in [6, 6.07) is 9.82. The average Bonchev–Trinajstić information content (AvgIpc) is 3.46. The maximum atomic E-state index is 13.5. The quantitative estimate of drug-likeness (QED) is 0.394. The number of aryl methyl sites for hydroxylation is 1. The highest BCUT2D eigenvalue weighted by Gasteiger charge is 2.49. The molecule has 9 nitrogen and oxygen atoms in total. The lowest BCUT2D eigenvalue weighted by Gasteiger charge is -2.50. The third-order valence-electron chi connectivity index (χ3n) is 9.34. The van der Waals surface area contributed by atoms with E-state index in [0.717, 1.165) is 44.3 Å². The number of sulfonamides is 2. The van der Waals surface area contributed by atoms with E-state index in [1.54, 1.807) is 41.8 Å². The first kappa shape index (κ1) is 29.3. The number of ether oxygens (including phenoxy) is 1. The van der Waals surface area contributed by atoms with Crippen LogP contribution >= 0.6 is 11.6 Å². The van der Waals surface area contributed by atoms with E-state index in [1.807, 2.05) is 12.1 Å². The molecule has 1 aromatic heterocycles. The van der Waals surface area contributed by atoms with Gasteiger partial charge in [0, 0.05) is 56.2 Å². The Labute approximate surface area is 248 Å². The maximum Gasteiger partial charge on any atom is 0.245 e. The molecule has 4 saturated heterocycles. The molecule has 2 bridgehead atoms. The van der Waals surface area contributed by atoms with Gasteiger partial charge in [-0.05, 0) is 82.1 Å². The lowest BCUT2D eigenvalue weighted by Crippen LogP contribution is -2.65. The molecular formula is C29H39ClN4O5S2. The third kappa shape index (κ3) is 5.90. The van der Waals surface area contributed by atoms with Crippen LogP contribution in [-0.2, 0) is 20.0 Å². The zero-order chi connectivity index (χ0) is 28.8. The van der Waals surface area contributed by atoms with Crippen LogP contribution in [0.1, 0.15) is 56.9 Å². The molecule has 0 aliphatic carbocycles. The first-order valence-corrected chi connectivity index (χ1v) is 18.1. The molecule has 41 heavy (non-hydrogen) atoms. The molecule has 4 atom stereocenters. The second-order valence-corrected chi connectivity index (χ2v) is 16.3. The maximum absolute atomic E-state index is 13.5. The van der Waals surface area contributed by atoms with E-state index in [-0.39, 0.29) is 33.9 Å². The van der Waals surface area contributed by atoms with Crippen LogP contribution in [0.5, 0.6) is 5.75 Å².